The zero-order chi connectivity index (χ0) is 12.7. The predicted molar refractivity (Wildman–Crippen MR) is 76.6 cm³/mol. The summed E-state index contributed by atoms with van der Waals surface area (Å²) in [6.07, 6.45) is 7.44. The summed E-state index contributed by atoms with van der Waals surface area (Å²) in [6, 6.07) is 1.49. The normalized spacial score (nSPS) is 38.3. The van der Waals surface area contributed by atoms with Crippen molar-refractivity contribution < 1.29 is 0 Å². The average molecular weight is 250 g/mol. The minimum atomic E-state index is 0.733. The molecule has 1 N–H and O–H groups in total. The van der Waals surface area contributed by atoms with E-state index in [-0.39, 0.29) is 0 Å². The van der Waals surface area contributed by atoms with Crippen molar-refractivity contribution in [3.63, 3.8) is 0 Å². The van der Waals surface area contributed by atoms with Gasteiger partial charge in [-0.05, 0) is 76.3 Å². The maximum atomic E-state index is 3.50. The molecule has 1 aliphatic heterocycles. The van der Waals surface area contributed by atoms with Crippen molar-refractivity contribution in [2.75, 3.05) is 20.1 Å². The standard InChI is InChI=1S/C16H30N2/c1-11-12(2)18(9-8-16(11)17-3)10-15(13-4-5-13)14-6-7-14/h11-17H,4-10H2,1-3H3. The van der Waals surface area contributed by atoms with Crippen molar-refractivity contribution in [1.29, 1.82) is 0 Å². The predicted octanol–water partition coefficient (Wildman–Crippen LogP) is 2.74. The summed E-state index contributed by atoms with van der Waals surface area (Å²) >= 11 is 0. The van der Waals surface area contributed by atoms with Crippen molar-refractivity contribution in [1.82, 2.24) is 10.2 Å². The third kappa shape index (κ3) is 2.60. The molecule has 2 heteroatoms. The fourth-order valence-electron chi connectivity index (χ4n) is 4.11. The summed E-state index contributed by atoms with van der Waals surface area (Å²) in [5, 5.41) is 3.50. The smallest absolute Gasteiger partial charge is 0.0117 e. The quantitative estimate of drug-likeness (QED) is 0.807. The minimum Gasteiger partial charge on any atom is -0.317 e. The van der Waals surface area contributed by atoms with Crippen LogP contribution in [-0.4, -0.2) is 37.1 Å². The molecule has 1 heterocycles. The molecule has 0 aromatic carbocycles. The molecule has 1 saturated heterocycles. The molecule has 0 bridgehead atoms. The average Bonchev–Trinajstić information content (AvgIpc) is 3.24. The first-order valence-electron chi connectivity index (χ1n) is 8.12. The number of likely N-dealkylation sites (tertiary alicyclic amines) is 1. The van der Waals surface area contributed by atoms with Crippen molar-refractivity contribution in [2.24, 2.45) is 23.7 Å². The first-order valence-corrected chi connectivity index (χ1v) is 8.12. The van der Waals surface area contributed by atoms with E-state index in [1.807, 2.05) is 0 Å². The van der Waals surface area contributed by atoms with Crippen LogP contribution < -0.4 is 5.32 Å². The van der Waals surface area contributed by atoms with E-state index in [1.54, 1.807) is 0 Å². The Morgan fingerprint density at radius 3 is 2.17 bits per heavy atom. The zero-order valence-corrected chi connectivity index (χ0v) is 12.4. The first-order chi connectivity index (χ1) is 8.70. The lowest BCUT2D eigenvalue weighted by Crippen LogP contribution is -2.53. The van der Waals surface area contributed by atoms with E-state index in [4.69, 9.17) is 0 Å². The maximum Gasteiger partial charge on any atom is 0.0117 e. The van der Waals surface area contributed by atoms with Gasteiger partial charge in [-0.15, -0.1) is 0 Å². The number of nitrogens with zero attached hydrogens (tertiary/aromatic N) is 1. The second-order valence-electron chi connectivity index (χ2n) is 7.12. The lowest BCUT2D eigenvalue weighted by molar-refractivity contribution is 0.0651. The molecule has 0 amide bonds. The summed E-state index contributed by atoms with van der Waals surface area (Å²) in [4.78, 5) is 2.81. The molecular weight excluding hydrogens is 220 g/mol. The largest absolute Gasteiger partial charge is 0.317 e. The number of piperidine rings is 1. The van der Waals surface area contributed by atoms with Gasteiger partial charge in [0.15, 0.2) is 0 Å². The highest BCUT2D eigenvalue weighted by molar-refractivity contribution is 4.95. The van der Waals surface area contributed by atoms with Crippen LogP contribution in [0.2, 0.25) is 0 Å². The minimum absolute atomic E-state index is 0.733. The summed E-state index contributed by atoms with van der Waals surface area (Å²) < 4.78 is 0. The lowest BCUT2D eigenvalue weighted by Gasteiger charge is -2.44. The van der Waals surface area contributed by atoms with Crippen LogP contribution in [0.25, 0.3) is 0 Å². The van der Waals surface area contributed by atoms with Gasteiger partial charge in [-0.25, -0.2) is 0 Å². The number of rotatable bonds is 5. The summed E-state index contributed by atoms with van der Waals surface area (Å²) in [6.45, 7) is 7.59. The van der Waals surface area contributed by atoms with Crippen molar-refractivity contribution >= 4 is 0 Å². The highest BCUT2D eigenvalue weighted by Gasteiger charge is 2.43. The highest BCUT2D eigenvalue weighted by Crippen LogP contribution is 2.49. The lowest BCUT2D eigenvalue weighted by atomic mass is 9.85. The molecule has 0 radical (unpaired) electrons. The van der Waals surface area contributed by atoms with E-state index in [1.165, 1.54) is 45.2 Å². The van der Waals surface area contributed by atoms with Gasteiger partial charge in [0.05, 0.1) is 0 Å². The number of nitrogens with one attached hydrogen (secondary N) is 1. The summed E-state index contributed by atoms with van der Waals surface area (Å²) in [5.74, 6) is 4.04. The zero-order valence-electron chi connectivity index (χ0n) is 12.4. The van der Waals surface area contributed by atoms with E-state index in [9.17, 15) is 0 Å². The monoisotopic (exact) mass is 250 g/mol. The molecule has 0 aromatic heterocycles. The Bertz CT molecular complexity index is 271. The molecule has 104 valence electrons. The van der Waals surface area contributed by atoms with Gasteiger partial charge in [0.1, 0.15) is 0 Å². The molecule has 2 aliphatic carbocycles. The van der Waals surface area contributed by atoms with E-state index in [2.05, 4.69) is 31.1 Å². The molecule has 3 atom stereocenters. The fraction of sp³-hybridized carbons (Fsp3) is 1.00. The fourth-order valence-corrected chi connectivity index (χ4v) is 4.11. The Labute approximate surface area is 113 Å². The summed E-state index contributed by atoms with van der Waals surface area (Å²) in [5.41, 5.74) is 0. The van der Waals surface area contributed by atoms with Gasteiger partial charge >= 0.3 is 0 Å². The Morgan fingerprint density at radius 1 is 1.06 bits per heavy atom. The van der Waals surface area contributed by atoms with Crippen LogP contribution in [0.4, 0.5) is 0 Å². The SMILES string of the molecule is CNC1CCN(CC(C2CC2)C2CC2)C(C)C1C. The van der Waals surface area contributed by atoms with Gasteiger partial charge in [-0.1, -0.05) is 6.92 Å². The molecule has 0 spiro atoms. The van der Waals surface area contributed by atoms with E-state index >= 15 is 0 Å². The molecule has 3 aliphatic rings. The second kappa shape index (κ2) is 5.13. The van der Waals surface area contributed by atoms with Crippen molar-refractivity contribution in [2.45, 2.75) is 58.0 Å². The van der Waals surface area contributed by atoms with Gasteiger partial charge in [-0.3, -0.25) is 4.90 Å². The van der Waals surface area contributed by atoms with Gasteiger partial charge in [0, 0.05) is 18.6 Å². The van der Waals surface area contributed by atoms with Crippen molar-refractivity contribution in [3.8, 4) is 0 Å². The Morgan fingerprint density at radius 2 is 1.67 bits per heavy atom. The van der Waals surface area contributed by atoms with Crippen LogP contribution in [0, 0.1) is 23.7 Å². The highest BCUT2D eigenvalue weighted by atomic mass is 15.2. The Kier molecular flexibility index (Phi) is 3.68. The third-order valence-electron chi connectivity index (χ3n) is 5.97. The van der Waals surface area contributed by atoms with Crippen LogP contribution >= 0.6 is 0 Å². The molecule has 18 heavy (non-hydrogen) atoms. The Hall–Kier alpha value is -0.0800. The number of hydrogen-bond acceptors (Lipinski definition) is 2. The molecule has 3 rings (SSSR count). The van der Waals surface area contributed by atoms with E-state index in [0.717, 1.165) is 35.8 Å². The van der Waals surface area contributed by atoms with Gasteiger partial charge < -0.3 is 5.32 Å². The third-order valence-corrected chi connectivity index (χ3v) is 5.97. The Balaban J connectivity index is 1.58. The van der Waals surface area contributed by atoms with Crippen molar-refractivity contribution in [3.05, 3.63) is 0 Å². The molecule has 3 unspecified atom stereocenters. The molecule has 2 nitrogen and oxygen atoms in total. The molecule has 2 saturated carbocycles. The van der Waals surface area contributed by atoms with Gasteiger partial charge in [0.2, 0.25) is 0 Å². The molecule has 0 aromatic rings. The van der Waals surface area contributed by atoms with E-state index < -0.39 is 0 Å². The summed E-state index contributed by atoms with van der Waals surface area (Å²) in [7, 11) is 2.13. The number of hydrogen-bond donors (Lipinski definition) is 1. The second-order valence-corrected chi connectivity index (χ2v) is 7.12. The topological polar surface area (TPSA) is 15.3 Å². The van der Waals surface area contributed by atoms with Crippen LogP contribution in [0.1, 0.15) is 46.0 Å². The van der Waals surface area contributed by atoms with E-state index in [0.29, 0.717) is 0 Å². The van der Waals surface area contributed by atoms with Gasteiger partial charge in [-0.2, -0.15) is 0 Å². The first kappa shape index (κ1) is 12.9. The molecule has 3 fully saturated rings. The van der Waals surface area contributed by atoms with Crippen LogP contribution in [0.5, 0.6) is 0 Å². The van der Waals surface area contributed by atoms with Crippen LogP contribution in [0.15, 0.2) is 0 Å². The van der Waals surface area contributed by atoms with Crippen LogP contribution in [-0.2, 0) is 0 Å². The molecular formula is C16H30N2. The van der Waals surface area contributed by atoms with Crippen LogP contribution in [0.3, 0.4) is 0 Å². The maximum absolute atomic E-state index is 3.50. The van der Waals surface area contributed by atoms with Gasteiger partial charge in [0.25, 0.3) is 0 Å².